The van der Waals surface area contributed by atoms with E-state index in [9.17, 15) is 18.0 Å². The van der Waals surface area contributed by atoms with Crippen molar-refractivity contribution in [2.45, 2.75) is 26.4 Å². The van der Waals surface area contributed by atoms with E-state index in [1.165, 1.54) is 7.05 Å². The van der Waals surface area contributed by atoms with Crippen molar-refractivity contribution in [3.8, 4) is 0 Å². The zero-order valence-electron chi connectivity index (χ0n) is 20.2. The van der Waals surface area contributed by atoms with Crippen molar-refractivity contribution >= 4 is 40.7 Å². The van der Waals surface area contributed by atoms with E-state index >= 15 is 0 Å². The average molecular weight is 490 g/mol. The maximum atomic E-state index is 13.2. The topological polar surface area (TPSA) is 106 Å². The van der Waals surface area contributed by atoms with Crippen molar-refractivity contribution in [2.24, 2.45) is 5.92 Å². The van der Waals surface area contributed by atoms with Crippen molar-refractivity contribution in [1.82, 2.24) is 14.9 Å². The Morgan fingerprint density at radius 1 is 1.31 bits per heavy atom. The van der Waals surface area contributed by atoms with Gasteiger partial charge < -0.3 is 26.3 Å². The molecule has 8 nitrogen and oxygen atoms in total. The number of rotatable bonds is 9. The first kappa shape index (κ1) is 26.1. The summed E-state index contributed by atoms with van der Waals surface area (Å²) < 4.78 is 39.6. The molecule has 188 valence electrons. The lowest BCUT2D eigenvalue weighted by atomic mass is 9.94. The molecule has 0 saturated carbocycles. The van der Waals surface area contributed by atoms with Crippen LogP contribution >= 0.6 is 0 Å². The lowest BCUT2D eigenvalue weighted by Crippen LogP contribution is -2.24. The van der Waals surface area contributed by atoms with E-state index in [1.807, 2.05) is 27.0 Å². The van der Waals surface area contributed by atoms with Crippen molar-refractivity contribution in [2.75, 3.05) is 49.7 Å². The van der Waals surface area contributed by atoms with Gasteiger partial charge >= 0.3 is 6.18 Å². The van der Waals surface area contributed by atoms with Crippen LogP contribution in [0.15, 0.2) is 24.4 Å². The molecule has 1 aromatic carbocycles. The van der Waals surface area contributed by atoms with Crippen LogP contribution in [0.2, 0.25) is 0 Å². The lowest BCUT2D eigenvalue weighted by molar-refractivity contribution is -0.137. The van der Waals surface area contributed by atoms with E-state index in [1.54, 1.807) is 6.07 Å². The molecule has 0 spiro atoms. The Morgan fingerprint density at radius 2 is 2.06 bits per heavy atom. The van der Waals surface area contributed by atoms with Gasteiger partial charge in [0, 0.05) is 49.6 Å². The fourth-order valence-electron chi connectivity index (χ4n) is 3.69. The Bertz CT molecular complexity index is 1130. The minimum Gasteiger partial charge on any atom is -0.377 e. The van der Waals surface area contributed by atoms with Crippen LogP contribution in [-0.2, 0) is 11.0 Å². The number of hydrogen-bond acceptors (Lipinski definition) is 8. The van der Waals surface area contributed by atoms with Crippen molar-refractivity contribution < 1.29 is 18.0 Å². The number of carbonyl (C=O) groups is 1. The highest BCUT2D eigenvalue weighted by atomic mass is 19.4. The predicted molar refractivity (Wildman–Crippen MR) is 133 cm³/mol. The zero-order chi connectivity index (χ0) is 25.8. The fourth-order valence-corrected chi connectivity index (χ4v) is 3.69. The first-order valence-electron chi connectivity index (χ1n) is 11.3. The van der Waals surface area contributed by atoms with Gasteiger partial charge in [-0.3, -0.25) is 4.79 Å². The van der Waals surface area contributed by atoms with Crippen LogP contribution in [0.3, 0.4) is 0 Å². The predicted octanol–water partition coefficient (Wildman–Crippen LogP) is 4.63. The van der Waals surface area contributed by atoms with Crippen LogP contribution in [0.5, 0.6) is 0 Å². The number of likely N-dealkylation sites (N-methyl/N-ethyl adjacent to an activating group) is 1. The summed E-state index contributed by atoms with van der Waals surface area (Å²) in [5.41, 5.74) is 2.49. The first-order chi connectivity index (χ1) is 16.5. The van der Waals surface area contributed by atoms with Crippen molar-refractivity contribution in [1.29, 1.82) is 5.41 Å². The summed E-state index contributed by atoms with van der Waals surface area (Å²) in [5, 5.41) is 16.7. The molecule has 35 heavy (non-hydrogen) atoms. The summed E-state index contributed by atoms with van der Waals surface area (Å²) in [6.07, 6.45) is 0.185. The maximum Gasteiger partial charge on any atom is 0.421 e. The van der Waals surface area contributed by atoms with Gasteiger partial charge in [-0.15, -0.1) is 0 Å². The number of nitrogens with zero attached hydrogens (tertiary/aromatic N) is 3. The van der Waals surface area contributed by atoms with Crippen LogP contribution < -0.4 is 16.0 Å². The molecule has 1 aliphatic heterocycles. The Hall–Kier alpha value is -3.47. The number of nitrogens with one attached hydrogen (secondary N) is 4. The second kappa shape index (κ2) is 10.9. The molecule has 0 aliphatic carbocycles. The minimum absolute atomic E-state index is 0.0207. The standard InChI is InChI=1S/C24H30F3N7O/c1-14(2)20(35)13-30-21-16(15-7-9-34(4)10-8-15)5-6-19(17(21)11-28)32-23-31-12-18(24(25,26)27)22(29-3)33-23/h5-7,11-12,14,28,30H,8-10,13H2,1-4H3,(H2,29,31,32,33). The number of halogens is 3. The third-order valence-electron chi connectivity index (χ3n) is 5.81. The second-order valence-corrected chi connectivity index (χ2v) is 8.64. The molecule has 1 aromatic heterocycles. The third kappa shape index (κ3) is 6.16. The van der Waals surface area contributed by atoms with Gasteiger partial charge in [-0.25, -0.2) is 4.98 Å². The third-order valence-corrected chi connectivity index (χ3v) is 5.81. The second-order valence-electron chi connectivity index (χ2n) is 8.64. The molecule has 0 unspecified atom stereocenters. The van der Waals surface area contributed by atoms with Gasteiger partial charge in [0.2, 0.25) is 5.95 Å². The van der Waals surface area contributed by atoms with E-state index < -0.39 is 11.7 Å². The van der Waals surface area contributed by atoms with Crippen molar-refractivity contribution in [3.63, 3.8) is 0 Å². The molecule has 2 aromatic rings. The summed E-state index contributed by atoms with van der Waals surface area (Å²) in [5.74, 6) is -0.549. The molecule has 1 aliphatic rings. The summed E-state index contributed by atoms with van der Waals surface area (Å²) in [4.78, 5) is 22.3. The highest BCUT2D eigenvalue weighted by Gasteiger charge is 2.35. The van der Waals surface area contributed by atoms with Crippen LogP contribution in [-0.4, -0.2) is 60.6 Å². The highest BCUT2D eigenvalue weighted by Crippen LogP contribution is 2.37. The Kier molecular flexibility index (Phi) is 8.11. The molecule has 0 bridgehead atoms. The highest BCUT2D eigenvalue weighted by molar-refractivity contribution is 5.99. The van der Waals surface area contributed by atoms with Gasteiger partial charge in [0.05, 0.1) is 17.9 Å². The fraction of sp³-hybridized carbons (Fsp3) is 0.417. The molecular formula is C24H30F3N7O. The molecule has 0 saturated heterocycles. The van der Waals surface area contributed by atoms with Gasteiger partial charge in [0.1, 0.15) is 11.4 Å². The molecule has 0 amide bonds. The summed E-state index contributed by atoms with van der Waals surface area (Å²) in [6.45, 7) is 5.39. The number of anilines is 4. The number of aromatic nitrogens is 2. The molecular weight excluding hydrogens is 459 g/mol. The first-order valence-corrected chi connectivity index (χ1v) is 11.3. The maximum absolute atomic E-state index is 13.2. The molecule has 0 radical (unpaired) electrons. The van der Waals surface area contributed by atoms with Crippen LogP contribution in [0.25, 0.3) is 5.57 Å². The number of carbonyl (C=O) groups excluding carboxylic acids is 1. The molecule has 0 atom stereocenters. The van der Waals surface area contributed by atoms with Gasteiger partial charge in [-0.05, 0) is 25.1 Å². The van der Waals surface area contributed by atoms with Gasteiger partial charge in [-0.1, -0.05) is 26.0 Å². The molecule has 3 rings (SSSR count). The summed E-state index contributed by atoms with van der Waals surface area (Å²) >= 11 is 0. The SMILES string of the molecule is CNc1nc(Nc2ccc(C3=CCN(C)CC3)c(NCC(=O)C(C)C)c2C=N)ncc1C(F)(F)F. The van der Waals surface area contributed by atoms with Crippen LogP contribution in [0, 0.1) is 11.3 Å². The van der Waals surface area contributed by atoms with Crippen molar-refractivity contribution in [3.05, 3.63) is 41.1 Å². The quantitative estimate of drug-likeness (QED) is 0.381. The average Bonchev–Trinajstić information content (AvgIpc) is 2.82. The van der Waals surface area contributed by atoms with Gasteiger partial charge in [-0.2, -0.15) is 18.2 Å². The number of Topliss-reactive ketones (excluding diaryl/α,β-unsaturated/α-hetero) is 1. The number of alkyl halides is 3. The lowest BCUT2D eigenvalue weighted by Gasteiger charge is -2.25. The smallest absolute Gasteiger partial charge is 0.377 e. The number of ketones is 1. The van der Waals surface area contributed by atoms with Gasteiger partial charge in [0.25, 0.3) is 0 Å². The Morgan fingerprint density at radius 3 is 2.63 bits per heavy atom. The summed E-state index contributed by atoms with van der Waals surface area (Å²) in [7, 11) is 3.38. The van der Waals surface area contributed by atoms with E-state index in [-0.39, 0.29) is 30.0 Å². The largest absolute Gasteiger partial charge is 0.421 e. The van der Waals surface area contributed by atoms with E-state index in [4.69, 9.17) is 5.41 Å². The van der Waals surface area contributed by atoms with Crippen LogP contribution in [0.1, 0.15) is 37.0 Å². The molecule has 11 heteroatoms. The molecule has 2 heterocycles. The van der Waals surface area contributed by atoms with Gasteiger partial charge in [0.15, 0.2) is 5.78 Å². The van der Waals surface area contributed by atoms with E-state index in [0.717, 1.165) is 36.9 Å². The van der Waals surface area contributed by atoms with E-state index in [2.05, 4.69) is 36.9 Å². The molecule has 4 N–H and O–H groups in total. The number of benzene rings is 1. The summed E-state index contributed by atoms with van der Waals surface area (Å²) in [6, 6.07) is 3.61. The minimum atomic E-state index is -4.60. The number of hydrogen-bond donors (Lipinski definition) is 4. The van der Waals surface area contributed by atoms with E-state index in [0.29, 0.717) is 23.1 Å². The monoisotopic (exact) mass is 489 g/mol. The van der Waals surface area contributed by atoms with Crippen LogP contribution in [0.4, 0.5) is 36.3 Å². The zero-order valence-corrected chi connectivity index (χ0v) is 20.2. The Balaban J connectivity index is 2.03. The Labute approximate surface area is 202 Å². The normalized spacial score (nSPS) is 14.5. The molecule has 0 fully saturated rings.